The van der Waals surface area contributed by atoms with Gasteiger partial charge in [0.2, 0.25) is 5.91 Å². The summed E-state index contributed by atoms with van der Waals surface area (Å²) < 4.78 is 1.91. The molecule has 2 rings (SSSR count). The molecule has 0 unspecified atom stereocenters. The van der Waals surface area contributed by atoms with E-state index >= 15 is 0 Å². The summed E-state index contributed by atoms with van der Waals surface area (Å²) in [6.07, 6.45) is 1.89. The van der Waals surface area contributed by atoms with Crippen LogP contribution in [0.5, 0.6) is 0 Å². The summed E-state index contributed by atoms with van der Waals surface area (Å²) in [5.74, 6) is 0.465. The zero-order valence-electron chi connectivity index (χ0n) is 11.4. The van der Waals surface area contributed by atoms with Gasteiger partial charge in [-0.05, 0) is 23.6 Å². The van der Waals surface area contributed by atoms with E-state index in [2.05, 4.69) is 19.2 Å². The van der Waals surface area contributed by atoms with Crippen molar-refractivity contribution in [3.63, 3.8) is 0 Å². The molecule has 102 valence electrons. The smallest absolute Gasteiger partial charge is 0.239 e. The lowest BCUT2D eigenvalue weighted by Gasteiger charge is -2.09. The van der Waals surface area contributed by atoms with Gasteiger partial charge in [-0.1, -0.05) is 26.0 Å². The van der Waals surface area contributed by atoms with E-state index in [1.165, 1.54) is 0 Å². The van der Waals surface area contributed by atoms with Crippen LogP contribution in [0.4, 0.5) is 0 Å². The van der Waals surface area contributed by atoms with Gasteiger partial charge < -0.3 is 15.0 Å². The summed E-state index contributed by atoms with van der Waals surface area (Å²) in [6.45, 7) is 5.16. The average Bonchev–Trinajstić information content (AvgIpc) is 2.79. The van der Waals surface area contributed by atoms with Gasteiger partial charge in [-0.3, -0.25) is 4.79 Å². The number of aliphatic hydroxyl groups is 1. The predicted octanol–water partition coefficient (Wildman–Crippen LogP) is 1.91. The third kappa shape index (κ3) is 3.15. The molecule has 0 aliphatic rings. The summed E-state index contributed by atoms with van der Waals surface area (Å²) in [4.78, 5) is 11.8. The molecule has 4 nitrogen and oxygen atoms in total. The number of amides is 1. The summed E-state index contributed by atoms with van der Waals surface area (Å²) >= 11 is 0. The first-order valence-corrected chi connectivity index (χ1v) is 6.56. The summed E-state index contributed by atoms with van der Waals surface area (Å²) in [6, 6.07) is 7.70. The maximum absolute atomic E-state index is 11.8. The van der Waals surface area contributed by atoms with E-state index in [9.17, 15) is 9.90 Å². The van der Waals surface area contributed by atoms with Crippen LogP contribution < -0.4 is 5.32 Å². The van der Waals surface area contributed by atoms with E-state index in [4.69, 9.17) is 0 Å². The molecule has 1 amide bonds. The molecular weight excluding hydrogens is 240 g/mol. The number of nitrogens with one attached hydrogen (secondary N) is 1. The molecule has 0 saturated carbocycles. The number of benzene rings is 1. The molecule has 1 heterocycles. The van der Waals surface area contributed by atoms with E-state index in [0.717, 1.165) is 16.5 Å². The molecule has 0 spiro atoms. The number of hydrogen-bond acceptors (Lipinski definition) is 2. The fraction of sp³-hybridized carbons (Fsp3) is 0.400. The standard InChI is InChI=1S/C15H20N2O2/c1-11(2)8-16-15(19)9-17-7-6-13-12(10-18)4-3-5-14(13)17/h3-7,11,18H,8-10H2,1-2H3,(H,16,19). The summed E-state index contributed by atoms with van der Waals surface area (Å²) in [7, 11) is 0. The first-order valence-electron chi connectivity index (χ1n) is 6.56. The van der Waals surface area contributed by atoms with Crippen LogP contribution in [0, 0.1) is 5.92 Å². The van der Waals surface area contributed by atoms with Crippen LogP contribution in [0.2, 0.25) is 0 Å². The molecule has 2 N–H and O–H groups in total. The zero-order chi connectivity index (χ0) is 13.8. The Hall–Kier alpha value is -1.81. The van der Waals surface area contributed by atoms with Gasteiger partial charge in [0.05, 0.1) is 6.61 Å². The Morgan fingerprint density at radius 3 is 2.84 bits per heavy atom. The molecular formula is C15H20N2O2. The maximum atomic E-state index is 11.8. The van der Waals surface area contributed by atoms with Crippen molar-refractivity contribution in [3.05, 3.63) is 36.0 Å². The first-order chi connectivity index (χ1) is 9.11. The van der Waals surface area contributed by atoms with Crippen molar-refractivity contribution in [1.82, 2.24) is 9.88 Å². The number of aromatic nitrogens is 1. The molecule has 1 aromatic heterocycles. The monoisotopic (exact) mass is 260 g/mol. The van der Waals surface area contributed by atoms with Crippen molar-refractivity contribution >= 4 is 16.8 Å². The largest absolute Gasteiger partial charge is 0.392 e. The highest BCUT2D eigenvalue weighted by Crippen LogP contribution is 2.20. The van der Waals surface area contributed by atoms with E-state index in [-0.39, 0.29) is 12.5 Å². The number of nitrogens with zero attached hydrogens (tertiary/aromatic N) is 1. The van der Waals surface area contributed by atoms with Crippen LogP contribution >= 0.6 is 0 Å². The highest BCUT2D eigenvalue weighted by Gasteiger charge is 2.08. The Balaban J connectivity index is 2.15. The highest BCUT2D eigenvalue weighted by atomic mass is 16.3. The number of fused-ring (bicyclic) bond motifs is 1. The van der Waals surface area contributed by atoms with Crippen molar-refractivity contribution in [3.8, 4) is 0 Å². The molecule has 0 saturated heterocycles. The van der Waals surface area contributed by atoms with E-state index < -0.39 is 0 Å². The second-order valence-corrected chi connectivity index (χ2v) is 5.15. The average molecular weight is 260 g/mol. The minimum absolute atomic E-state index is 0.0144. The number of rotatable bonds is 5. The van der Waals surface area contributed by atoms with Crippen LogP contribution in [-0.4, -0.2) is 22.1 Å². The normalized spacial score (nSPS) is 11.2. The van der Waals surface area contributed by atoms with E-state index in [1.807, 2.05) is 35.0 Å². The van der Waals surface area contributed by atoms with Crippen molar-refractivity contribution in [2.45, 2.75) is 27.0 Å². The molecule has 0 atom stereocenters. The van der Waals surface area contributed by atoms with Gasteiger partial charge in [0, 0.05) is 23.6 Å². The number of aliphatic hydroxyl groups excluding tert-OH is 1. The van der Waals surface area contributed by atoms with Crippen molar-refractivity contribution < 1.29 is 9.90 Å². The number of carbonyl (C=O) groups is 1. The second-order valence-electron chi connectivity index (χ2n) is 5.15. The van der Waals surface area contributed by atoms with Crippen LogP contribution in [-0.2, 0) is 17.9 Å². The minimum atomic E-state index is 0.0144. The molecule has 2 aromatic rings. The lowest BCUT2D eigenvalue weighted by molar-refractivity contribution is -0.121. The fourth-order valence-electron chi connectivity index (χ4n) is 2.09. The molecule has 0 aliphatic heterocycles. The Morgan fingerprint density at radius 2 is 2.16 bits per heavy atom. The Bertz CT molecular complexity index is 573. The van der Waals surface area contributed by atoms with Crippen LogP contribution in [0.1, 0.15) is 19.4 Å². The lowest BCUT2D eigenvalue weighted by atomic mass is 10.1. The number of carbonyl (C=O) groups excluding carboxylic acids is 1. The predicted molar refractivity (Wildman–Crippen MR) is 75.7 cm³/mol. The molecule has 0 fully saturated rings. The van der Waals surface area contributed by atoms with Crippen LogP contribution in [0.15, 0.2) is 30.5 Å². The third-order valence-electron chi connectivity index (χ3n) is 3.10. The van der Waals surface area contributed by atoms with Gasteiger partial charge in [0.1, 0.15) is 6.54 Å². The van der Waals surface area contributed by atoms with Gasteiger partial charge in [0.15, 0.2) is 0 Å². The van der Waals surface area contributed by atoms with Gasteiger partial charge in [-0.2, -0.15) is 0 Å². The topological polar surface area (TPSA) is 54.3 Å². The second kappa shape index (κ2) is 5.89. The van der Waals surface area contributed by atoms with Crippen LogP contribution in [0.25, 0.3) is 10.9 Å². The minimum Gasteiger partial charge on any atom is -0.392 e. The van der Waals surface area contributed by atoms with Crippen molar-refractivity contribution in [1.29, 1.82) is 0 Å². The number of hydrogen-bond donors (Lipinski definition) is 2. The molecule has 4 heteroatoms. The molecule has 19 heavy (non-hydrogen) atoms. The quantitative estimate of drug-likeness (QED) is 0.862. The molecule has 1 aromatic carbocycles. The van der Waals surface area contributed by atoms with Crippen molar-refractivity contribution in [2.24, 2.45) is 5.92 Å². The van der Waals surface area contributed by atoms with E-state index in [0.29, 0.717) is 19.0 Å². The molecule has 0 bridgehead atoms. The summed E-state index contributed by atoms with van der Waals surface area (Å²) in [5.41, 5.74) is 1.87. The lowest BCUT2D eigenvalue weighted by Crippen LogP contribution is -2.30. The maximum Gasteiger partial charge on any atom is 0.239 e. The van der Waals surface area contributed by atoms with Gasteiger partial charge in [0.25, 0.3) is 0 Å². The SMILES string of the molecule is CC(C)CNC(=O)Cn1ccc2c(CO)cccc21. The molecule has 0 aliphatic carbocycles. The van der Waals surface area contributed by atoms with E-state index in [1.54, 1.807) is 0 Å². The Morgan fingerprint density at radius 1 is 1.37 bits per heavy atom. The fourth-order valence-corrected chi connectivity index (χ4v) is 2.09. The molecule has 0 radical (unpaired) electrons. The van der Waals surface area contributed by atoms with Gasteiger partial charge in [-0.15, -0.1) is 0 Å². The highest BCUT2D eigenvalue weighted by molar-refractivity contribution is 5.85. The zero-order valence-corrected chi connectivity index (χ0v) is 11.4. The van der Waals surface area contributed by atoms with Gasteiger partial charge in [-0.25, -0.2) is 0 Å². The summed E-state index contributed by atoms with van der Waals surface area (Å²) in [5, 5.41) is 13.2. The Labute approximate surface area is 113 Å². The van der Waals surface area contributed by atoms with Crippen LogP contribution in [0.3, 0.4) is 0 Å². The third-order valence-corrected chi connectivity index (χ3v) is 3.10. The first kappa shape index (κ1) is 13.6. The van der Waals surface area contributed by atoms with Gasteiger partial charge >= 0.3 is 0 Å². The van der Waals surface area contributed by atoms with Crippen molar-refractivity contribution in [2.75, 3.05) is 6.54 Å². The Kier molecular flexibility index (Phi) is 4.22.